The van der Waals surface area contributed by atoms with E-state index in [-0.39, 0.29) is 32.4 Å². The third-order valence-electron chi connectivity index (χ3n) is 4.63. The number of benzene rings is 1. The highest BCUT2D eigenvalue weighted by molar-refractivity contribution is 7.09. The first-order chi connectivity index (χ1) is 15.2. The van der Waals surface area contributed by atoms with Crippen LogP contribution in [0.5, 0.6) is 0 Å². The van der Waals surface area contributed by atoms with Gasteiger partial charge in [-0.05, 0) is 30.0 Å². The van der Waals surface area contributed by atoms with Crippen molar-refractivity contribution in [3.05, 3.63) is 52.7 Å². The monoisotopic (exact) mass is 379 g/mol. The smallest absolute Gasteiger partial charge is 0.229 e. The number of hydrogen-bond donors (Lipinski definition) is 0. The molecule has 0 N–H and O–H groups in total. The zero-order chi connectivity index (χ0) is 24.5. The maximum absolute atomic E-state index is 13.2. The highest BCUT2D eigenvalue weighted by Gasteiger charge is 2.42. The zero-order valence-corrected chi connectivity index (χ0v) is 15.6. The van der Waals surface area contributed by atoms with Crippen LogP contribution in [0.2, 0.25) is 0 Å². The van der Waals surface area contributed by atoms with Crippen molar-refractivity contribution >= 4 is 22.9 Å². The van der Waals surface area contributed by atoms with Crippen LogP contribution in [0.3, 0.4) is 0 Å². The van der Waals surface area contributed by atoms with Gasteiger partial charge in [-0.3, -0.25) is 9.69 Å². The van der Waals surface area contributed by atoms with Gasteiger partial charge in [0.1, 0.15) is 5.72 Å². The number of hydrogen-bond acceptors (Lipinski definition) is 4. The normalized spacial score (nSPS) is 22.7. The molecule has 4 nitrogen and oxygen atoms in total. The molecule has 0 unspecified atom stereocenters. The molecule has 0 bridgehead atoms. The Morgan fingerprint density at radius 3 is 2.69 bits per heavy atom. The second-order valence-corrected chi connectivity index (χ2v) is 7.21. The second-order valence-electron chi connectivity index (χ2n) is 6.18. The maximum Gasteiger partial charge on any atom is 0.229 e. The van der Waals surface area contributed by atoms with Crippen LogP contribution >= 0.6 is 11.3 Å². The topological polar surface area (TPSA) is 32.8 Å². The molecule has 1 saturated heterocycles. The van der Waals surface area contributed by atoms with Gasteiger partial charge in [-0.1, -0.05) is 31.2 Å². The minimum absolute atomic E-state index is 0.00601. The minimum atomic E-state index is -2.84. The molecular formula is C21H28N2O2S. The van der Waals surface area contributed by atoms with Crippen LogP contribution in [-0.2, 0) is 16.0 Å². The molecule has 1 amide bonds. The van der Waals surface area contributed by atoms with Gasteiger partial charge in [0.25, 0.3) is 0 Å². The lowest BCUT2D eigenvalue weighted by Gasteiger charge is -2.47. The van der Waals surface area contributed by atoms with E-state index in [9.17, 15) is 4.79 Å². The van der Waals surface area contributed by atoms with Crippen LogP contribution in [-0.4, -0.2) is 43.2 Å². The van der Waals surface area contributed by atoms with Crippen molar-refractivity contribution in [2.75, 3.05) is 31.5 Å². The Kier molecular flexibility index (Phi) is 4.03. The van der Waals surface area contributed by atoms with Crippen molar-refractivity contribution < 1.29 is 19.1 Å². The molecule has 3 rings (SSSR count). The molecule has 1 aliphatic heterocycles. The summed E-state index contributed by atoms with van der Waals surface area (Å²) in [6, 6.07) is 12.0. The Balaban J connectivity index is 1.95. The van der Waals surface area contributed by atoms with Crippen molar-refractivity contribution in [2.24, 2.45) is 0 Å². The molecule has 0 aliphatic carbocycles. The number of amides is 1. The number of ether oxygens (including phenoxy) is 1. The first-order valence-electron chi connectivity index (χ1n) is 12.1. The van der Waals surface area contributed by atoms with Gasteiger partial charge in [0.05, 0.1) is 4.11 Å². The number of para-hydroxylation sites is 1. The number of carbonyl (C=O) groups excluding carboxylic acids is 1. The van der Waals surface area contributed by atoms with Gasteiger partial charge in [-0.2, -0.15) is 0 Å². The number of methoxy groups -OCH3 is 1. The van der Waals surface area contributed by atoms with E-state index >= 15 is 0 Å². The Labute approximate surface area is 170 Å². The van der Waals surface area contributed by atoms with E-state index in [1.54, 1.807) is 35.2 Å². The fraction of sp³-hybridized carbons (Fsp3) is 0.476. The van der Waals surface area contributed by atoms with Gasteiger partial charge < -0.3 is 9.64 Å². The quantitative estimate of drug-likeness (QED) is 0.677. The average molecular weight is 380 g/mol. The van der Waals surface area contributed by atoms with Crippen molar-refractivity contribution in [1.29, 1.82) is 0 Å². The van der Waals surface area contributed by atoms with Crippen LogP contribution in [0.1, 0.15) is 40.6 Å². The molecule has 1 aromatic heterocycles. The molecule has 0 spiro atoms. The Hall–Kier alpha value is -1.69. The SMILES string of the molecule is [2H]C([2H])([2H])OC1(N(C(=O)C([2H])([2H])C)c2ccccc2)CCN(C([2H])([2H])Cc2cccs2)CC1. The molecule has 2 heterocycles. The summed E-state index contributed by atoms with van der Waals surface area (Å²) in [6.45, 7) is -0.267. The van der Waals surface area contributed by atoms with E-state index in [0.29, 0.717) is 5.69 Å². The third kappa shape index (κ3) is 4.17. The van der Waals surface area contributed by atoms with Gasteiger partial charge in [0.2, 0.25) is 5.91 Å². The number of carbonyl (C=O) groups is 1. The standard InChI is InChI=1S/C21H28N2O2S/c1-3-20(24)23(18-8-5-4-6-9-18)21(25-2)12-15-22(16-13-21)14-11-19-10-7-17-26-19/h4-10,17H,3,11-16H2,1-2H3/i2D3,3D2,14D2. The molecule has 0 radical (unpaired) electrons. The van der Waals surface area contributed by atoms with E-state index in [2.05, 4.69) is 0 Å². The van der Waals surface area contributed by atoms with E-state index in [0.717, 1.165) is 16.7 Å². The van der Waals surface area contributed by atoms with E-state index in [1.165, 1.54) is 11.3 Å². The molecule has 140 valence electrons. The van der Waals surface area contributed by atoms with Gasteiger partial charge in [-0.25, -0.2) is 0 Å². The van der Waals surface area contributed by atoms with Crippen LogP contribution in [0.4, 0.5) is 5.69 Å². The highest BCUT2D eigenvalue weighted by Crippen LogP contribution is 2.34. The molecule has 0 saturated carbocycles. The largest absolute Gasteiger partial charge is 0.358 e. The number of likely N-dealkylation sites (tertiary alicyclic amines) is 1. The first kappa shape index (κ1) is 11.9. The maximum atomic E-state index is 13.2. The number of thiophene rings is 1. The van der Waals surface area contributed by atoms with Gasteiger partial charge in [0.15, 0.2) is 0 Å². The summed E-state index contributed by atoms with van der Waals surface area (Å²) in [4.78, 5) is 16.9. The summed E-state index contributed by atoms with van der Waals surface area (Å²) >= 11 is 1.47. The molecule has 26 heavy (non-hydrogen) atoms. The van der Waals surface area contributed by atoms with Crippen LogP contribution < -0.4 is 4.90 Å². The molecular weight excluding hydrogens is 344 g/mol. The number of aryl methyl sites for hydroxylation is 1. The Morgan fingerprint density at radius 2 is 2.08 bits per heavy atom. The number of rotatable bonds is 7. The van der Waals surface area contributed by atoms with Gasteiger partial charge >= 0.3 is 0 Å². The fourth-order valence-electron chi connectivity index (χ4n) is 3.21. The summed E-state index contributed by atoms with van der Waals surface area (Å²) in [5.74, 6) is -0.909. The molecule has 1 aliphatic rings. The molecule has 5 heteroatoms. The summed E-state index contributed by atoms with van der Waals surface area (Å²) in [7, 11) is -2.84. The van der Waals surface area contributed by atoms with Crippen molar-refractivity contribution in [2.45, 2.75) is 38.3 Å². The van der Waals surface area contributed by atoms with E-state index in [1.807, 2.05) is 17.5 Å². The van der Waals surface area contributed by atoms with Crippen LogP contribution in [0.25, 0.3) is 0 Å². The van der Waals surface area contributed by atoms with Crippen LogP contribution in [0, 0.1) is 0 Å². The Morgan fingerprint density at radius 1 is 1.31 bits per heavy atom. The molecule has 2 aromatic rings. The van der Waals surface area contributed by atoms with Crippen molar-refractivity contribution in [3.63, 3.8) is 0 Å². The third-order valence-corrected chi connectivity index (χ3v) is 5.51. The van der Waals surface area contributed by atoms with E-state index < -0.39 is 31.5 Å². The van der Waals surface area contributed by atoms with Gasteiger partial charge in [0, 0.05) is 61.9 Å². The predicted octanol–water partition coefficient (Wildman–Crippen LogP) is 4.17. The minimum Gasteiger partial charge on any atom is -0.358 e. The molecule has 1 aromatic carbocycles. The average Bonchev–Trinajstić information content (AvgIpc) is 3.19. The fourth-order valence-corrected chi connectivity index (χ4v) is 3.85. The highest BCUT2D eigenvalue weighted by atomic mass is 32.1. The van der Waals surface area contributed by atoms with E-state index in [4.69, 9.17) is 14.3 Å². The lowest BCUT2D eigenvalue weighted by molar-refractivity contribution is -0.128. The number of piperidine rings is 1. The molecule has 1 fully saturated rings. The lowest BCUT2D eigenvalue weighted by Crippen LogP contribution is -2.59. The summed E-state index contributed by atoms with van der Waals surface area (Å²) in [5, 5.41) is 1.89. The summed E-state index contributed by atoms with van der Waals surface area (Å²) < 4.78 is 61.9. The van der Waals surface area contributed by atoms with Crippen molar-refractivity contribution in [3.8, 4) is 0 Å². The van der Waals surface area contributed by atoms with Crippen LogP contribution in [0.15, 0.2) is 47.8 Å². The summed E-state index contributed by atoms with van der Waals surface area (Å²) in [6.07, 6.45) is -2.07. The van der Waals surface area contributed by atoms with Gasteiger partial charge in [-0.15, -0.1) is 11.3 Å². The number of anilines is 1. The second kappa shape index (κ2) is 8.80. The lowest BCUT2D eigenvalue weighted by atomic mass is 9.96. The Bertz CT molecular complexity index is 922. The molecule has 0 atom stereocenters. The zero-order valence-electron chi connectivity index (χ0n) is 21.8. The number of nitrogens with zero attached hydrogens (tertiary/aromatic N) is 2. The first-order valence-corrected chi connectivity index (χ1v) is 9.49. The van der Waals surface area contributed by atoms with Crippen molar-refractivity contribution in [1.82, 2.24) is 4.90 Å². The summed E-state index contributed by atoms with van der Waals surface area (Å²) in [5.41, 5.74) is -1.32. The predicted molar refractivity (Wildman–Crippen MR) is 108 cm³/mol.